The van der Waals surface area contributed by atoms with Crippen molar-refractivity contribution in [3.8, 4) is 11.5 Å². The number of halogens is 2. The SMILES string of the molecule is CC1(C(=O)O)CCCN(C(=O)c2coc(-c3c(F)cccc3F)n2)C1. The van der Waals surface area contributed by atoms with E-state index in [1.165, 1.54) is 11.0 Å². The molecule has 0 radical (unpaired) electrons. The summed E-state index contributed by atoms with van der Waals surface area (Å²) in [4.78, 5) is 29.2. The lowest BCUT2D eigenvalue weighted by molar-refractivity contribution is -0.150. The van der Waals surface area contributed by atoms with Crippen LogP contribution in [0, 0.1) is 17.0 Å². The first-order chi connectivity index (χ1) is 11.8. The van der Waals surface area contributed by atoms with E-state index in [1.54, 1.807) is 6.92 Å². The van der Waals surface area contributed by atoms with Gasteiger partial charge in [0.15, 0.2) is 5.69 Å². The van der Waals surface area contributed by atoms with E-state index in [4.69, 9.17) is 4.42 Å². The average molecular weight is 350 g/mol. The lowest BCUT2D eigenvalue weighted by Crippen LogP contribution is -2.48. The third kappa shape index (κ3) is 3.11. The van der Waals surface area contributed by atoms with Gasteiger partial charge in [-0.25, -0.2) is 13.8 Å². The third-order valence-corrected chi connectivity index (χ3v) is 4.40. The summed E-state index contributed by atoms with van der Waals surface area (Å²) < 4.78 is 32.7. The normalized spacial score (nSPS) is 20.5. The Morgan fingerprint density at radius 2 is 2.00 bits per heavy atom. The number of aromatic nitrogens is 1. The summed E-state index contributed by atoms with van der Waals surface area (Å²) in [5.41, 5.74) is -1.60. The molecule has 1 N–H and O–H groups in total. The molecular formula is C17H16F2N2O4. The molecule has 1 aliphatic heterocycles. The van der Waals surface area contributed by atoms with Gasteiger partial charge in [0, 0.05) is 13.1 Å². The van der Waals surface area contributed by atoms with Gasteiger partial charge in [-0.15, -0.1) is 0 Å². The highest BCUT2D eigenvalue weighted by molar-refractivity contribution is 5.93. The highest BCUT2D eigenvalue weighted by Gasteiger charge is 2.40. The quantitative estimate of drug-likeness (QED) is 0.920. The van der Waals surface area contributed by atoms with Crippen LogP contribution in [0.3, 0.4) is 0 Å². The second-order valence-corrected chi connectivity index (χ2v) is 6.33. The predicted molar refractivity (Wildman–Crippen MR) is 82.7 cm³/mol. The summed E-state index contributed by atoms with van der Waals surface area (Å²) in [5, 5.41) is 9.33. The summed E-state index contributed by atoms with van der Waals surface area (Å²) >= 11 is 0. The Morgan fingerprint density at radius 3 is 2.64 bits per heavy atom. The summed E-state index contributed by atoms with van der Waals surface area (Å²) in [7, 11) is 0. The Labute approximate surface area is 142 Å². The number of rotatable bonds is 3. The number of carboxylic acid groups (broad SMARTS) is 1. The van der Waals surface area contributed by atoms with Gasteiger partial charge < -0.3 is 14.4 Å². The fourth-order valence-corrected chi connectivity index (χ4v) is 2.94. The van der Waals surface area contributed by atoms with Crippen LogP contribution < -0.4 is 0 Å². The highest BCUT2D eigenvalue weighted by atomic mass is 19.1. The summed E-state index contributed by atoms with van der Waals surface area (Å²) in [6.07, 6.45) is 2.04. The van der Waals surface area contributed by atoms with E-state index < -0.39 is 34.5 Å². The van der Waals surface area contributed by atoms with Gasteiger partial charge in [0.2, 0.25) is 5.89 Å². The molecule has 1 atom stereocenters. The molecule has 0 aliphatic carbocycles. The van der Waals surface area contributed by atoms with E-state index >= 15 is 0 Å². The van der Waals surface area contributed by atoms with Crippen molar-refractivity contribution < 1.29 is 27.9 Å². The van der Waals surface area contributed by atoms with E-state index in [2.05, 4.69) is 4.98 Å². The lowest BCUT2D eigenvalue weighted by atomic mass is 9.82. The number of amides is 1. The zero-order chi connectivity index (χ0) is 18.2. The number of likely N-dealkylation sites (tertiary alicyclic amines) is 1. The molecule has 2 aromatic rings. The number of carbonyl (C=O) groups is 2. The molecular weight excluding hydrogens is 334 g/mol. The molecule has 6 nitrogen and oxygen atoms in total. The van der Waals surface area contributed by atoms with E-state index in [9.17, 15) is 23.5 Å². The molecule has 0 spiro atoms. The van der Waals surface area contributed by atoms with Crippen molar-refractivity contribution in [3.05, 3.63) is 41.8 Å². The maximum absolute atomic E-state index is 13.8. The summed E-state index contributed by atoms with van der Waals surface area (Å²) in [6, 6.07) is 3.34. The third-order valence-electron chi connectivity index (χ3n) is 4.40. The second kappa shape index (κ2) is 6.27. The van der Waals surface area contributed by atoms with Crippen LogP contribution in [-0.4, -0.2) is 40.0 Å². The summed E-state index contributed by atoms with van der Waals surface area (Å²) in [5.74, 6) is -3.54. The maximum atomic E-state index is 13.8. The Kier molecular flexibility index (Phi) is 4.28. The monoisotopic (exact) mass is 350 g/mol. The van der Waals surface area contributed by atoms with Gasteiger partial charge in [0.05, 0.1) is 5.41 Å². The van der Waals surface area contributed by atoms with E-state index in [0.717, 1.165) is 18.4 Å². The van der Waals surface area contributed by atoms with Crippen LogP contribution in [0.25, 0.3) is 11.5 Å². The van der Waals surface area contributed by atoms with Gasteiger partial charge in [0.25, 0.3) is 5.91 Å². The maximum Gasteiger partial charge on any atom is 0.311 e. The van der Waals surface area contributed by atoms with E-state index in [-0.39, 0.29) is 18.1 Å². The minimum Gasteiger partial charge on any atom is -0.481 e. The zero-order valence-electron chi connectivity index (χ0n) is 13.5. The standard InChI is InChI=1S/C17H16F2N2O4/c1-17(16(23)24)6-3-7-21(9-17)15(22)12-8-25-14(20-12)13-10(18)4-2-5-11(13)19/h2,4-5,8H,3,6-7,9H2,1H3,(H,23,24). The minimum atomic E-state index is -1.03. The second-order valence-electron chi connectivity index (χ2n) is 6.33. The molecule has 0 bridgehead atoms. The van der Waals surface area contributed by atoms with Crippen LogP contribution in [0.2, 0.25) is 0 Å². The largest absolute Gasteiger partial charge is 0.481 e. The highest BCUT2D eigenvalue weighted by Crippen LogP contribution is 2.31. The summed E-state index contributed by atoms with van der Waals surface area (Å²) in [6.45, 7) is 2.01. The molecule has 1 unspecified atom stereocenters. The first-order valence-corrected chi connectivity index (χ1v) is 7.74. The van der Waals surface area contributed by atoms with Crippen LogP contribution in [-0.2, 0) is 4.79 Å². The molecule has 1 amide bonds. The number of carbonyl (C=O) groups excluding carboxylic acids is 1. The number of hydrogen-bond donors (Lipinski definition) is 1. The lowest BCUT2D eigenvalue weighted by Gasteiger charge is -2.37. The number of oxazole rings is 1. The molecule has 1 aliphatic rings. The molecule has 8 heteroatoms. The Morgan fingerprint density at radius 1 is 1.32 bits per heavy atom. The van der Waals surface area contributed by atoms with Gasteiger partial charge in [-0.3, -0.25) is 9.59 Å². The van der Waals surface area contributed by atoms with Crippen LogP contribution in [0.15, 0.2) is 28.9 Å². The smallest absolute Gasteiger partial charge is 0.311 e. The first-order valence-electron chi connectivity index (χ1n) is 7.74. The number of benzene rings is 1. The average Bonchev–Trinajstić information content (AvgIpc) is 3.03. The van der Waals surface area contributed by atoms with E-state index in [0.29, 0.717) is 19.4 Å². The van der Waals surface area contributed by atoms with Crippen molar-refractivity contribution in [3.63, 3.8) is 0 Å². The number of hydrogen-bond acceptors (Lipinski definition) is 4. The molecule has 3 rings (SSSR count). The number of carboxylic acids is 1. The molecule has 132 valence electrons. The van der Waals surface area contributed by atoms with Gasteiger partial charge in [-0.05, 0) is 31.9 Å². The fraction of sp³-hybridized carbons (Fsp3) is 0.353. The van der Waals surface area contributed by atoms with Crippen LogP contribution in [0.4, 0.5) is 8.78 Å². The van der Waals surface area contributed by atoms with Gasteiger partial charge >= 0.3 is 5.97 Å². The number of piperidine rings is 1. The predicted octanol–water partition coefficient (Wildman–Crippen LogP) is 2.95. The van der Waals surface area contributed by atoms with Crippen molar-refractivity contribution >= 4 is 11.9 Å². The zero-order valence-corrected chi connectivity index (χ0v) is 13.5. The first kappa shape index (κ1) is 17.1. The van der Waals surface area contributed by atoms with Crippen LogP contribution >= 0.6 is 0 Å². The minimum absolute atomic E-state index is 0.0391. The Balaban J connectivity index is 1.85. The number of nitrogens with zero attached hydrogens (tertiary/aromatic N) is 2. The van der Waals surface area contributed by atoms with Gasteiger partial charge in [-0.2, -0.15) is 0 Å². The van der Waals surface area contributed by atoms with Crippen molar-refractivity contribution in [2.45, 2.75) is 19.8 Å². The Bertz CT molecular complexity index is 816. The van der Waals surface area contributed by atoms with Crippen molar-refractivity contribution in [1.29, 1.82) is 0 Å². The molecule has 2 heterocycles. The topological polar surface area (TPSA) is 83.6 Å². The number of aliphatic carboxylic acids is 1. The van der Waals surface area contributed by atoms with E-state index in [1.807, 2.05) is 0 Å². The van der Waals surface area contributed by atoms with Gasteiger partial charge in [-0.1, -0.05) is 6.07 Å². The van der Waals surface area contributed by atoms with Crippen molar-refractivity contribution in [1.82, 2.24) is 9.88 Å². The molecule has 1 saturated heterocycles. The van der Waals surface area contributed by atoms with Crippen molar-refractivity contribution in [2.24, 2.45) is 5.41 Å². The Hall–Kier alpha value is -2.77. The fourth-order valence-electron chi connectivity index (χ4n) is 2.94. The molecule has 0 saturated carbocycles. The molecule has 1 fully saturated rings. The van der Waals surface area contributed by atoms with Gasteiger partial charge in [0.1, 0.15) is 23.5 Å². The molecule has 1 aromatic carbocycles. The van der Waals surface area contributed by atoms with Crippen LogP contribution in [0.1, 0.15) is 30.3 Å². The molecule has 25 heavy (non-hydrogen) atoms. The van der Waals surface area contributed by atoms with Crippen LogP contribution in [0.5, 0.6) is 0 Å². The molecule has 1 aromatic heterocycles. The van der Waals surface area contributed by atoms with Crippen molar-refractivity contribution in [2.75, 3.05) is 13.1 Å².